The Bertz CT molecular complexity index is 347. The summed E-state index contributed by atoms with van der Waals surface area (Å²) in [6, 6.07) is 0.723. The number of hydrogen-bond donors (Lipinski definition) is 2. The molecule has 2 unspecified atom stereocenters. The van der Waals surface area contributed by atoms with Crippen LogP contribution in [0.4, 0.5) is 0 Å². The molecular weight excluding hydrogens is 264 g/mol. The highest BCUT2D eigenvalue weighted by Crippen LogP contribution is 2.27. The van der Waals surface area contributed by atoms with E-state index in [2.05, 4.69) is 10.2 Å². The van der Waals surface area contributed by atoms with Gasteiger partial charge in [0.2, 0.25) is 5.91 Å². The number of piperidine rings is 1. The molecule has 0 aromatic carbocycles. The lowest BCUT2D eigenvalue weighted by Gasteiger charge is -2.41. The van der Waals surface area contributed by atoms with Crippen LogP contribution in [-0.4, -0.2) is 47.2 Å². The van der Waals surface area contributed by atoms with Crippen molar-refractivity contribution in [3.05, 3.63) is 0 Å². The highest BCUT2D eigenvalue weighted by Gasteiger charge is 2.32. The van der Waals surface area contributed by atoms with E-state index in [0.29, 0.717) is 18.0 Å². The van der Waals surface area contributed by atoms with E-state index in [1.54, 1.807) is 0 Å². The molecule has 4 heteroatoms. The Morgan fingerprint density at radius 2 is 1.52 bits per heavy atom. The lowest BCUT2D eigenvalue weighted by Crippen LogP contribution is -2.52. The van der Waals surface area contributed by atoms with Crippen molar-refractivity contribution in [2.75, 3.05) is 13.1 Å². The zero-order chi connectivity index (χ0) is 14.7. The fraction of sp³-hybridized carbons (Fsp3) is 0.941. The normalized spacial score (nSPS) is 33.2. The van der Waals surface area contributed by atoms with Crippen molar-refractivity contribution in [3.8, 4) is 0 Å². The van der Waals surface area contributed by atoms with Gasteiger partial charge in [-0.1, -0.05) is 25.7 Å². The molecule has 1 saturated heterocycles. The van der Waals surface area contributed by atoms with Crippen LogP contribution < -0.4 is 5.32 Å². The van der Waals surface area contributed by atoms with Crippen LogP contribution >= 0.6 is 0 Å². The molecule has 2 N–H and O–H groups in total. The van der Waals surface area contributed by atoms with Crippen LogP contribution in [0.5, 0.6) is 0 Å². The van der Waals surface area contributed by atoms with Crippen molar-refractivity contribution in [2.45, 2.75) is 82.4 Å². The second-order valence-electron chi connectivity index (χ2n) is 7.22. The summed E-state index contributed by atoms with van der Waals surface area (Å²) in [6.45, 7) is 2.05. The summed E-state index contributed by atoms with van der Waals surface area (Å²) in [4.78, 5) is 14.6. The maximum absolute atomic E-state index is 12.2. The molecule has 1 heterocycles. The van der Waals surface area contributed by atoms with Crippen molar-refractivity contribution in [1.82, 2.24) is 10.2 Å². The van der Waals surface area contributed by atoms with E-state index in [1.165, 1.54) is 25.7 Å². The molecule has 3 fully saturated rings. The second kappa shape index (κ2) is 7.10. The van der Waals surface area contributed by atoms with Gasteiger partial charge in [0, 0.05) is 31.1 Å². The third-order valence-corrected chi connectivity index (χ3v) is 5.76. The van der Waals surface area contributed by atoms with E-state index in [4.69, 9.17) is 0 Å². The van der Waals surface area contributed by atoms with Gasteiger partial charge in [0.15, 0.2) is 0 Å². The molecule has 3 aliphatic rings. The predicted molar refractivity (Wildman–Crippen MR) is 83.0 cm³/mol. The number of amides is 1. The van der Waals surface area contributed by atoms with Crippen molar-refractivity contribution < 1.29 is 9.90 Å². The Labute approximate surface area is 128 Å². The second-order valence-corrected chi connectivity index (χ2v) is 7.22. The minimum atomic E-state index is -0.136. The molecule has 3 rings (SSSR count). The summed E-state index contributed by atoms with van der Waals surface area (Å²) >= 11 is 0. The van der Waals surface area contributed by atoms with E-state index in [9.17, 15) is 9.90 Å². The van der Waals surface area contributed by atoms with Gasteiger partial charge in [-0.3, -0.25) is 9.69 Å². The van der Waals surface area contributed by atoms with Gasteiger partial charge in [-0.2, -0.15) is 0 Å². The third kappa shape index (κ3) is 3.78. The summed E-state index contributed by atoms with van der Waals surface area (Å²) in [5, 5.41) is 13.4. The Morgan fingerprint density at radius 3 is 2.19 bits per heavy atom. The Morgan fingerprint density at radius 1 is 0.905 bits per heavy atom. The van der Waals surface area contributed by atoms with Crippen molar-refractivity contribution in [3.63, 3.8) is 0 Å². The van der Waals surface area contributed by atoms with Crippen LogP contribution in [-0.2, 0) is 4.79 Å². The maximum Gasteiger partial charge on any atom is 0.223 e. The molecule has 2 saturated carbocycles. The quantitative estimate of drug-likeness (QED) is 0.838. The number of rotatable bonds is 3. The number of aliphatic hydroxyl groups excluding tert-OH is 1. The van der Waals surface area contributed by atoms with E-state index in [0.717, 1.165) is 51.6 Å². The number of nitrogens with one attached hydrogen (secondary N) is 1. The molecule has 1 aliphatic heterocycles. The Kier molecular flexibility index (Phi) is 5.17. The summed E-state index contributed by atoms with van der Waals surface area (Å²) in [5.41, 5.74) is 0. The number of nitrogens with zero attached hydrogens (tertiary/aromatic N) is 1. The van der Waals surface area contributed by atoms with Gasteiger partial charge in [0.25, 0.3) is 0 Å². The largest absolute Gasteiger partial charge is 0.391 e. The predicted octanol–water partition coefficient (Wildman–Crippen LogP) is 2.06. The van der Waals surface area contributed by atoms with E-state index in [-0.39, 0.29) is 12.0 Å². The molecule has 0 radical (unpaired) electrons. The average Bonchev–Trinajstić information content (AvgIpc) is 3.03. The molecule has 0 aromatic rings. The lowest BCUT2D eigenvalue weighted by molar-refractivity contribution is -0.126. The van der Waals surface area contributed by atoms with Crippen molar-refractivity contribution in [1.29, 1.82) is 0 Å². The van der Waals surface area contributed by atoms with Crippen molar-refractivity contribution >= 4 is 5.91 Å². The maximum atomic E-state index is 12.2. The van der Waals surface area contributed by atoms with E-state index in [1.807, 2.05) is 0 Å². The van der Waals surface area contributed by atoms with Crippen LogP contribution in [0.25, 0.3) is 0 Å². The zero-order valence-electron chi connectivity index (χ0n) is 13.1. The monoisotopic (exact) mass is 294 g/mol. The average molecular weight is 294 g/mol. The highest BCUT2D eigenvalue weighted by molar-refractivity contribution is 5.79. The topological polar surface area (TPSA) is 52.6 Å². The fourth-order valence-corrected chi connectivity index (χ4v) is 4.40. The Balaban J connectivity index is 1.43. The molecule has 0 aromatic heterocycles. The lowest BCUT2D eigenvalue weighted by atomic mass is 9.89. The molecule has 2 aliphatic carbocycles. The Hall–Kier alpha value is -0.610. The number of carbonyl (C=O) groups excluding carboxylic acids is 1. The standard InChI is InChI=1S/C17H30N2O2/c20-16-8-4-3-7-15(16)19-11-9-14(10-12-19)18-17(21)13-5-1-2-6-13/h13-16,20H,1-12H2,(H,18,21). The molecule has 4 nitrogen and oxygen atoms in total. The molecule has 120 valence electrons. The van der Waals surface area contributed by atoms with Gasteiger partial charge in [0.1, 0.15) is 0 Å². The van der Waals surface area contributed by atoms with Crippen LogP contribution in [0.1, 0.15) is 64.2 Å². The number of carbonyl (C=O) groups is 1. The van der Waals surface area contributed by atoms with E-state index < -0.39 is 0 Å². The SMILES string of the molecule is O=C(NC1CCN(C2CCCCC2O)CC1)C1CCCC1. The van der Waals surface area contributed by atoms with Gasteiger partial charge in [-0.25, -0.2) is 0 Å². The van der Waals surface area contributed by atoms with Gasteiger partial charge in [-0.05, 0) is 38.5 Å². The first kappa shape index (κ1) is 15.3. The number of hydrogen-bond acceptors (Lipinski definition) is 3. The molecule has 1 amide bonds. The third-order valence-electron chi connectivity index (χ3n) is 5.76. The molecule has 0 bridgehead atoms. The summed E-state index contributed by atoms with van der Waals surface area (Å²) in [5.74, 6) is 0.576. The molecule has 2 atom stereocenters. The van der Waals surface area contributed by atoms with Gasteiger partial charge in [-0.15, -0.1) is 0 Å². The summed E-state index contributed by atoms with van der Waals surface area (Å²) in [7, 11) is 0. The first-order valence-corrected chi connectivity index (χ1v) is 8.96. The zero-order valence-corrected chi connectivity index (χ0v) is 13.1. The van der Waals surface area contributed by atoms with Crippen LogP contribution in [0.15, 0.2) is 0 Å². The van der Waals surface area contributed by atoms with Crippen LogP contribution in [0, 0.1) is 5.92 Å². The smallest absolute Gasteiger partial charge is 0.223 e. The minimum absolute atomic E-state index is 0.136. The first-order chi connectivity index (χ1) is 10.2. The van der Waals surface area contributed by atoms with E-state index >= 15 is 0 Å². The van der Waals surface area contributed by atoms with Gasteiger partial charge in [0.05, 0.1) is 6.10 Å². The first-order valence-electron chi connectivity index (χ1n) is 8.96. The molecular formula is C17H30N2O2. The molecule has 21 heavy (non-hydrogen) atoms. The van der Waals surface area contributed by atoms with Crippen molar-refractivity contribution in [2.24, 2.45) is 5.92 Å². The van der Waals surface area contributed by atoms with Gasteiger partial charge < -0.3 is 10.4 Å². The van der Waals surface area contributed by atoms with Gasteiger partial charge >= 0.3 is 0 Å². The molecule has 0 spiro atoms. The minimum Gasteiger partial charge on any atom is -0.391 e. The summed E-state index contributed by atoms with van der Waals surface area (Å²) in [6.07, 6.45) is 11.1. The number of aliphatic hydroxyl groups is 1. The summed E-state index contributed by atoms with van der Waals surface area (Å²) < 4.78 is 0. The highest BCUT2D eigenvalue weighted by atomic mass is 16.3. The number of likely N-dealkylation sites (tertiary alicyclic amines) is 1. The van der Waals surface area contributed by atoms with Crippen LogP contribution in [0.3, 0.4) is 0 Å². The van der Waals surface area contributed by atoms with Crippen LogP contribution in [0.2, 0.25) is 0 Å². The fourth-order valence-electron chi connectivity index (χ4n) is 4.40.